The zero-order valence-electron chi connectivity index (χ0n) is 9.44. The maximum absolute atomic E-state index is 11.5. The van der Waals surface area contributed by atoms with Crippen molar-refractivity contribution in [2.24, 2.45) is 0 Å². The molecule has 0 fully saturated rings. The average Bonchev–Trinajstić information content (AvgIpc) is 2.70. The highest BCUT2D eigenvalue weighted by Gasteiger charge is 2.21. The number of methoxy groups -OCH3 is 2. The Kier molecular flexibility index (Phi) is 4.71. The van der Waals surface area contributed by atoms with Gasteiger partial charge in [-0.15, -0.1) is 11.3 Å². The van der Waals surface area contributed by atoms with Crippen LogP contribution in [0.25, 0.3) is 0 Å². The van der Waals surface area contributed by atoms with E-state index in [0.29, 0.717) is 4.90 Å². The lowest BCUT2D eigenvalue weighted by Crippen LogP contribution is -2.00. The maximum atomic E-state index is 11.5. The van der Waals surface area contributed by atoms with E-state index in [1.165, 1.54) is 27.2 Å². The van der Waals surface area contributed by atoms with Gasteiger partial charge in [-0.05, 0) is 6.07 Å². The number of rotatable bonds is 3. The monoisotopic (exact) mass is 274 g/mol. The highest BCUT2D eigenvalue weighted by molar-refractivity contribution is 8.13. The predicted molar refractivity (Wildman–Crippen MR) is 63.5 cm³/mol. The first-order valence-electron chi connectivity index (χ1n) is 4.48. The largest absolute Gasteiger partial charge is 0.465 e. The van der Waals surface area contributed by atoms with E-state index in [0.717, 1.165) is 23.1 Å². The molecule has 0 bridgehead atoms. The first kappa shape index (κ1) is 13.7. The van der Waals surface area contributed by atoms with Crippen LogP contribution in [-0.2, 0) is 14.3 Å². The SMILES string of the molecule is COC(=O)c1cc(SC(C)=O)c(C(=O)OC)s1. The molecule has 0 aliphatic heterocycles. The third kappa shape index (κ3) is 3.31. The van der Waals surface area contributed by atoms with Crippen LogP contribution in [0.2, 0.25) is 0 Å². The second-order valence-corrected chi connectivity index (χ2v) is 5.15. The lowest BCUT2D eigenvalue weighted by atomic mass is 10.4. The van der Waals surface area contributed by atoms with Gasteiger partial charge in [0.25, 0.3) is 0 Å². The third-order valence-corrected chi connectivity index (χ3v) is 3.76. The lowest BCUT2D eigenvalue weighted by molar-refractivity contribution is -0.109. The molecule has 1 heterocycles. The maximum Gasteiger partial charge on any atom is 0.349 e. The van der Waals surface area contributed by atoms with E-state index in [9.17, 15) is 14.4 Å². The molecule has 1 aromatic heterocycles. The second kappa shape index (κ2) is 5.83. The highest BCUT2D eigenvalue weighted by Crippen LogP contribution is 2.32. The minimum absolute atomic E-state index is 0.177. The fraction of sp³-hybridized carbons (Fsp3) is 0.300. The zero-order chi connectivity index (χ0) is 13.0. The quantitative estimate of drug-likeness (QED) is 0.620. The Hall–Kier alpha value is -1.34. The van der Waals surface area contributed by atoms with E-state index in [2.05, 4.69) is 9.47 Å². The number of thioether (sulfide) groups is 1. The van der Waals surface area contributed by atoms with E-state index in [-0.39, 0.29) is 14.9 Å². The smallest absolute Gasteiger partial charge is 0.349 e. The molecule has 0 N–H and O–H groups in total. The Morgan fingerprint density at radius 1 is 1.18 bits per heavy atom. The first-order chi connectivity index (χ1) is 7.99. The van der Waals surface area contributed by atoms with Crippen molar-refractivity contribution in [1.82, 2.24) is 0 Å². The van der Waals surface area contributed by atoms with Crippen LogP contribution in [0.15, 0.2) is 11.0 Å². The topological polar surface area (TPSA) is 69.7 Å². The summed E-state index contributed by atoms with van der Waals surface area (Å²) in [7, 11) is 2.49. The molecular weight excluding hydrogens is 264 g/mol. The van der Waals surface area contributed by atoms with Gasteiger partial charge in [-0.3, -0.25) is 4.79 Å². The average molecular weight is 274 g/mol. The van der Waals surface area contributed by atoms with Crippen molar-refractivity contribution in [3.63, 3.8) is 0 Å². The molecule has 0 aliphatic rings. The molecule has 17 heavy (non-hydrogen) atoms. The van der Waals surface area contributed by atoms with Gasteiger partial charge in [0.1, 0.15) is 9.75 Å². The minimum atomic E-state index is -0.575. The van der Waals surface area contributed by atoms with Gasteiger partial charge >= 0.3 is 11.9 Å². The van der Waals surface area contributed by atoms with E-state index < -0.39 is 11.9 Å². The van der Waals surface area contributed by atoms with Crippen molar-refractivity contribution in [3.05, 3.63) is 15.8 Å². The third-order valence-electron chi connectivity index (χ3n) is 1.71. The summed E-state index contributed by atoms with van der Waals surface area (Å²) in [6.45, 7) is 1.38. The van der Waals surface area contributed by atoms with Crippen LogP contribution >= 0.6 is 23.1 Å². The van der Waals surface area contributed by atoms with Crippen molar-refractivity contribution in [1.29, 1.82) is 0 Å². The molecule has 1 rings (SSSR count). The van der Waals surface area contributed by atoms with Gasteiger partial charge in [-0.2, -0.15) is 0 Å². The molecule has 92 valence electrons. The molecule has 0 unspecified atom stereocenters. The molecule has 0 saturated carbocycles. The number of hydrogen-bond donors (Lipinski definition) is 0. The summed E-state index contributed by atoms with van der Waals surface area (Å²) in [5.41, 5.74) is 0. The molecule has 1 aromatic rings. The molecule has 5 nitrogen and oxygen atoms in total. The van der Waals surface area contributed by atoms with E-state index in [4.69, 9.17) is 0 Å². The first-order valence-corrected chi connectivity index (χ1v) is 6.11. The van der Waals surface area contributed by atoms with Crippen LogP contribution in [0.1, 0.15) is 26.3 Å². The Labute approximate surface area is 106 Å². The van der Waals surface area contributed by atoms with Gasteiger partial charge in [0.15, 0.2) is 5.12 Å². The summed E-state index contributed by atoms with van der Waals surface area (Å²) >= 11 is 1.83. The highest BCUT2D eigenvalue weighted by atomic mass is 32.2. The Morgan fingerprint density at radius 3 is 2.24 bits per heavy atom. The van der Waals surface area contributed by atoms with Crippen molar-refractivity contribution in [3.8, 4) is 0 Å². The van der Waals surface area contributed by atoms with Crippen LogP contribution in [-0.4, -0.2) is 31.3 Å². The van der Waals surface area contributed by atoms with Crippen LogP contribution < -0.4 is 0 Å². The normalized spacial score (nSPS) is 9.82. The van der Waals surface area contributed by atoms with Crippen molar-refractivity contribution < 1.29 is 23.9 Å². The van der Waals surface area contributed by atoms with Gasteiger partial charge in [-0.25, -0.2) is 9.59 Å². The van der Waals surface area contributed by atoms with E-state index in [1.54, 1.807) is 0 Å². The summed E-state index contributed by atoms with van der Waals surface area (Å²) in [6.07, 6.45) is 0. The Bertz CT molecular complexity index is 463. The van der Waals surface area contributed by atoms with Crippen LogP contribution in [0.5, 0.6) is 0 Å². The second-order valence-electron chi connectivity index (χ2n) is 2.88. The van der Waals surface area contributed by atoms with Gasteiger partial charge < -0.3 is 9.47 Å². The molecular formula is C10H10O5S2. The van der Waals surface area contributed by atoms with Crippen LogP contribution in [0.3, 0.4) is 0 Å². The minimum Gasteiger partial charge on any atom is -0.465 e. The summed E-state index contributed by atoms with van der Waals surface area (Å²) in [5.74, 6) is -1.12. The molecule has 0 spiro atoms. The Balaban J connectivity index is 3.16. The summed E-state index contributed by atoms with van der Waals surface area (Å²) in [5, 5.41) is -0.177. The summed E-state index contributed by atoms with van der Waals surface area (Å²) < 4.78 is 9.13. The van der Waals surface area contributed by atoms with Crippen molar-refractivity contribution in [2.45, 2.75) is 11.8 Å². The Morgan fingerprint density at radius 2 is 1.76 bits per heavy atom. The van der Waals surface area contributed by atoms with Gasteiger partial charge in [0.2, 0.25) is 0 Å². The number of carbonyl (C=O) groups is 3. The van der Waals surface area contributed by atoms with Gasteiger partial charge in [0, 0.05) is 11.8 Å². The molecule has 7 heteroatoms. The van der Waals surface area contributed by atoms with Crippen molar-refractivity contribution >= 4 is 40.2 Å². The van der Waals surface area contributed by atoms with Crippen LogP contribution in [0, 0.1) is 0 Å². The molecule has 0 aliphatic carbocycles. The molecule has 0 aromatic carbocycles. The van der Waals surface area contributed by atoms with Crippen molar-refractivity contribution in [2.75, 3.05) is 14.2 Å². The standard InChI is InChI=1S/C10H10O5S2/c1-5(11)16-6-4-7(9(12)14-2)17-8(6)10(13)15-3/h4H,1-3H3. The summed E-state index contributed by atoms with van der Waals surface area (Å²) in [6, 6.07) is 1.45. The van der Waals surface area contributed by atoms with E-state index >= 15 is 0 Å². The molecule has 0 radical (unpaired) electrons. The number of esters is 2. The fourth-order valence-electron chi connectivity index (χ4n) is 1.04. The van der Waals surface area contributed by atoms with E-state index in [1.807, 2.05) is 0 Å². The molecule has 0 saturated heterocycles. The summed E-state index contributed by atoms with van der Waals surface area (Å²) in [4.78, 5) is 34.7. The number of carbonyl (C=O) groups excluding carboxylic acids is 3. The lowest BCUT2D eigenvalue weighted by Gasteiger charge is -1.97. The number of thiophene rings is 1. The van der Waals surface area contributed by atoms with Gasteiger partial charge in [0.05, 0.1) is 14.2 Å². The van der Waals surface area contributed by atoms with Gasteiger partial charge in [-0.1, -0.05) is 11.8 Å². The number of ether oxygens (including phenoxy) is 2. The molecule has 0 amide bonds. The fourth-order valence-corrected chi connectivity index (χ4v) is 2.92. The zero-order valence-corrected chi connectivity index (χ0v) is 11.1. The predicted octanol–water partition coefficient (Wildman–Crippen LogP) is 1.96. The number of hydrogen-bond acceptors (Lipinski definition) is 7. The molecule has 0 atom stereocenters. The van der Waals surface area contributed by atoms with Crippen LogP contribution in [0.4, 0.5) is 0 Å².